The summed E-state index contributed by atoms with van der Waals surface area (Å²) in [6.45, 7) is 4.81. The van der Waals surface area contributed by atoms with Gasteiger partial charge in [-0.1, -0.05) is 52.4 Å². The molecule has 170 valence electrons. The topological polar surface area (TPSA) is 123 Å². The smallest absolute Gasteiger partial charge is 0.351 e. The van der Waals surface area contributed by atoms with Crippen LogP contribution in [0.3, 0.4) is 0 Å². The Balaban J connectivity index is 1.51. The molecule has 1 saturated heterocycles. The summed E-state index contributed by atoms with van der Waals surface area (Å²) in [6, 6.07) is 4.79. The van der Waals surface area contributed by atoms with Crippen LogP contribution in [0.4, 0.5) is 5.82 Å². The van der Waals surface area contributed by atoms with Crippen molar-refractivity contribution in [1.82, 2.24) is 9.55 Å². The third-order valence-corrected chi connectivity index (χ3v) is 13.3. The maximum absolute atomic E-state index is 12.3. The van der Waals surface area contributed by atoms with Crippen molar-refractivity contribution in [2.24, 2.45) is 11.8 Å². The van der Waals surface area contributed by atoms with E-state index >= 15 is 0 Å². The lowest BCUT2D eigenvalue weighted by atomic mass is 10.0. The number of nitrogens with zero attached hydrogens (tertiary/aromatic N) is 3. The van der Waals surface area contributed by atoms with Gasteiger partial charge in [0.2, 0.25) is 0 Å². The first-order valence-corrected chi connectivity index (χ1v) is 13.9. The molecule has 9 heteroatoms. The van der Waals surface area contributed by atoms with Gasteiger partial charge in [0.1, 0.15) is 23.9 Å². The molecule has 0 bridgehead atoms. The maximum Gasteiger partial charge on any atom is 0.351 e. The fourth-order valence-corrected chi connectivity index (χ4v) is 11.4. The van der Waals surface area contributed by atoms with Crippen LogP contribution in [0, 0.1) is 23.2 Å². The lowest BCUT2D eigenvalue weighted by Crippen LogP contribution is -2.45. The van der Waals surface area contributed by atoms with Crippen molar-refractivity contribution in [3.63, 3.8) is 0 Å². The lowest BCUT2D eigenvalue weighted by molar-refractivity contribution is -0.0444. The highest BCUT2D eigenvalue weighted by Crippen LogP contribution is 2.61. The Hall–Kier alpha value is -1.73. The molecule has 0 amide bonds. The lowest BCUT2D eigenvalue weighted by Gasteiger charge is -2.36. The molecule has 3 fully saturated rings. The first kappa shape index (κ1) is 22.5. The van der Waals surface area contributed by atoms with Crippen molar-refractivity contribution in [2.45, 2.75) is 87.9 Å². The summed E-state index contributed by atoms with van der Waals surface area (Å²) in [5, 5.41) is 20.5. The minimum absolute atomic E-state index is 0.110. The monoisotopic (exact) mass is 446 g/mol. The second kappa shape index (κ2) is 9.02. The first-order valence-electron chi connectivity index (χ1n) is 11.6. The molecule has 1 aromatic heterocycles. The number of nitrogen functional groups attached to an aromatic ring is 1. The van der Waals surface area contributed by atoms with Gasteiger partial charge in [-0.05, 0) is 29.1 Å². The van der Waals surface area contributed by atoms with E-state index in [0.717, 1.165) is 0 Å². The minimum atomic E-state index is -1.95. The van der Waals surface area contributed by atoms with Crippen LogP contribution in [0.5, 0.6) is 0 Å². The number of aliphatic hydroxyl groups is 1. The zero-order valence-electron chi connectivity index (χ0n) is 18.4. The number of rotatable bonds is 10. The fraction of sp³-hybridized carbons (Fsp3) is 0.773. The van der Waals surface area contributed by atoms with Crippen molar-refractivity contribution < 1.29 is 14.3 Å². The van der Waals surface area contributed by atoms with Crippen molar-refractivity contribution >= 4 is 14.1 Å². The first-order chi connectivity index (χ1) is 14.9. The van der Waals surface area contributed by atoms with Gasteiger partial charge in [0, 0.05) is 6.20 Å². The minimum Gasteiger partial charge on any atom is -0.413 e. The summed E-state index contributed by atoms with van der Waals surface area (Å²) in [5.41, 5.74) is 6.42. The van der Waals surface area contributed by atoms with Gasteiger partial charge < -0.3 is 20.0 Å². The van der Waals surface area contributed by atoms with Crippen molar-refractivity contribution in [1.29, 1.82) is 5.26 Å². The van der Waals surface area contributed by atoms with Crippen molar-refractivity contribution in [2.75, 3.05) is 12.3 Å². The van der Waals surface area contributed by atoms with E-state index in [1.165, 1.54) is 61.4 Å². The van der Waals surface area contributed by atoms with E-state index in [4.69, 9.17) is 14.9 Å². The van der Waals surface area contributed by atoms with Gasteiger partial charge in [-0.25, -0.2) is 4.79 Å². The molecule has 2 aliphatic carbocycles. The van der Waals surface area contributed by atoms with Crippen LogP contribution in [-0.2, 0) is 9.16 Å². The van der Waals surface area contributed by atoms with Crippen LogP contribution in [0.25, 0.3) is 0 Å². The zero-order valence-corrected chi connectivity index (χ0v) is 19.4. The van der Waals surface area contributed by atoms with Crippen LogP contribution in [0.1, 0.15) is 58.6 Å². The Bertz CT molecular complexity index is 863. The third-order valence-electron chi connectivity index (χ3n) is 7.46. The molecule has 2 saturated carbocycles. The number of aromatic nitrogens is 2. The van der Waals surface area contributed by atoms with Crippen molar-refractivity contribution in [3.8, 4) is 6.07 Å². The third kappa shape index (κ3) is 4.44. The average Bonchev–Trinajstić information content (AvgIpc) is 3.66. The van der Waals surface area contributed by atoms with Crippen LogP contribution >= 0.6 is 0 Å². The summed E-state index contributed by atoms with van der Waals surface area (Å²) < 4.78 is 14.1. The van der Waals surface area contributed by atoms with E-state index in [-0.39, 0.29) is 12.4 Å². The zero-order chi connectivity index (χ0) is 22.2. The largest absolute Gasteiger partial charge is 0.413 e. The van der Waals surface area contributed by atoms with Gasteiger partial charge in [-0.3, -0.25) is 4.57 Å². The molecular weight excluding hydrogens is 412 g/mol. The molecular formula is C22H34N4O4Si. The van der Waals surface area contributed by atoms with Gasteiger partial charge in [-0.2, -0.15) is 10.2 Å². The number of hydrogen-bond donors (Lipinski definition) is 2. The van der Waals surface area contributed by atoms with Gasteiger partial charge in [0.05, 0.1) is 12.7 Å². The van der Waals surface area contributed by atoms with Crippen LogP contribution in [0.2, 0.25) is 17.1 Å². The van der Waals surface area contributed by atoms with E-state index < -0.39 is 38.4 Å². The second-order valence-corrected chi connectivity index (χ2v) is 13.7. The van der Waals surface area contributed by atoms with E-state index in [1.807, 2.05) is 0 Å². The van der Waals surface area contributed by atoms with Crippen LogP contribution in [-0.4, -0.2) is 41.8 Å². The Morgan fingerprint density at radius 1 is 1.35 bits per heavy atom. The standard InChI is InChI=1S/C22H34N4O4Si/c1-3-14(4-2)13-31(15-5-6-15,16-7-8-16)29-12-18-20(27)17(11-23)21(30-18)26-10-9-19(24)25-22(26)28/h9-10,14-18,20-21,27H,3-8,12-13H2,1-2H3,(H2,24,25,28)/t17-,18+,20-,21+/m0/s1. The van der Waals surface area contributed by atoms with Gasteiger partial charge in [-0.15, -0.1) is 0 Å². The second-order valence-electron chi connectivity index (χ2n) is 9.45. The molecule has 0 unspecified atom stereocenters. The molecule has 8 nitrogen and oxygen atoms in total. The predicted octanol–water partition coefficient (Wildman–Crippen LogP) is 2.95. The van der Waals surface area contributed by atoms with Crippen molar-refractivity contribution in [3.05, 3.63) is 22.7 Å². The van der Waals surface area contributed by atoms with Gasteiger partial charge in [0.15, 0.2) is 14.5 Å². The molecule has 1 aromatic rings. The Labute approximate surface area is 184 Å². The van der Waals surface area contributed by atoms with Crippen LogP contribution < -0.4 is 11.4 Å². The van der Waals surface area contributed by atoms with E-state index in [9.17, 15) is 15.2 Å². The number of hydrogen-bond acceptors (Lipinski definition) is 7. The molecule has 2 heterocycles. The molecule has 0 radical (unpaired) electrons. The number of anilines is 1. The summed E-state index contributed by atoms with van der Waals surface area (Å²) in [4.78, 5) is 16.0. The Kier molecular flexibility index (Phi) is 6.54. The summed E-state index contributed by atoms with van der Waals surface area (Å²) in [5.74, 6) is -0.0748. The number of nitriles is 1. The van der Waals surface area contributed by atoms with E-state index in [1.54, 1.807) is 0 Å². The number of aliphatic hydroxyl groups excluding tert-OH is 1. The fourth-order valence-electron chi connectivity index (χ4n) is 5.25. The molecule has 4 rings (SSSR count). The molecule has 1 aliphatic heterocycles. The molecule has 3 N–H and O–H groups in total. The molecule has 31 heavy (non-hydrogen) atoms. The Morgan fingerprint density at radius 2 is 2.00 bits per heavy atom. The normalized spacial score (nSPS) is 28.7. The summed E-state index contributed by atoms with van der Waals surface area (Å²) in [7, 11) is -1.95. The number of nitrogens with two attached hydrogens (primary N) is 1. The Morgan fingerprint density at radius 3 is 2.52 bits per heavy atom. The summed E-state index contributed by atoms with van der Waals surface area (Å²) >= 11 is 0. The average molecular weight is 447 g/mol. The number of ether oxygens (including phenoxy) is 1. The highest BCUT2D eigenvalue weighted by atomic mass is 28.4. The predicted molar refractivity (Wildman–Crippen MR) is 118 cm³/mol. The quantitative estimate of drug-likeness (QED) is 0.530. The van der Waals surface area contributed by atoms with E-state index in [0.29, 0.717) is 17.0 Å². The van der Waals surface area contributed by atoms with Crippen LogP contribution in [0.15, 0.2) is 17.1 Å². The van der Waals surface area contributed by atoms with Gasteiger partial charge in [0.25, 0.3) is 0 Å². The van der Waals surface area contributed by atoms with E-state index in [2.05, 4.69) is 24.9 Å². The SMILES string of the molecule is CCC(CC)C[Si](OC[C@H]1O[C@@H](n2ccc(N)nc2=O)[C@@H](C#N)[C@@H]1O)(C1CC1)C1CC1. The maximum atomic E-state index is 12.3. The molecule has 0 aromatic carbocycles. The highest BCUT2D eigenvalue weighted by Gasteiger charge is 2.59. The molecule has 3 aliphatic rings. The molecule has 0 spiro atoms. The van der Waals surface area contributed by atoms with Gasteiger partial charge >= 0.3 is 5.69 Å². The molecule has 4 atom stereocenters. The summed E-state index contributed by atoms with van der Waals surface area (Å²) in [6.07, 6.45) is 6.29. The highest BCUT2D eigenvalue weighted by molar-refractivity contribution is 6.78.